The summed E-state index contributed by atoms with van der Waals surface area (Å²) in [6, 6.07) is 7.96. The van der Waals surface area contributed by atoms with Gasteiger partial charge in [-0.25, -0.2) is 17.2 Å². The lowest BCUT2D eigenvalue weighted by Gasteiger charge is -2.31. The summed E-state index contributed by atoms with van der Waals surface area (Å²) < 4.78 is 52.4. The van der Waals surface area contributed by atoms with Gasteiger partial charge in [0.2, 0.25) is 0 Å². The maximum atomic E-state index is 13.0. The normalized spacial score (nSPS) is 16.4. The minimum atomic E-state index is -4.35. The molecule has 1 aliphatic rings. The van der Waals surface area contributed by atoms with Crippen molar-refractivity contribution < 1.29 is 22.3 Å². The summed E-state index contributed by atoms with van der Waals surface area (Å²) in [6.07, 6.45) is -0.352. The van der Waals surface area contributed by atoms with Gasteiger partial charge in [0.05, 0.1) is 18.4 Å². The van der Waals surface area contributed by atoms with Gasteiger partial charge in [-0.2, -0.15) is 0 Å². The summed E-state index contributed by atoms with van der Waals surface area (Å²) in [5.74, 6) is -0.466. The molecule has 0 saturated heterocycles. The van der Waals surface area contributed by atoms with Crippen molar-refractivity contribution in [3.63, 3.8) is 0 Å². The molecule has 2 aromatic rings. The smallest absolute Gasteiger partial charge is 0.268 e. The van der Waals surface area contributed by atoms with Crippen molar-refractivity contribution >= 4 is 26.4 Å². The number of nitrogens with zero attached hydrogens (tertiary/aromatic N) is 2. The van der Waals surface area contributed by atoms with Crippen LogP contribution in [-0.4, -0.2) is 31.5 Å². The first-order chi connectivity index (χ1) is 11.3. The first kappa shape index (κ1) is 16.4. The number of benzene rings is 1. The molecule has 0 unspecified atom stereocenters. The van der Waals surface area contributed by atoms with Gasteiger partial charge in [-0.3, -0.25) is 9.29 Å². The molecule has 1 aliphatic heterocycles. The Morgan fingerprint density at radius 1 is 1.21 bits per heavy atom. The molecule has 1 aromatic carbocycles. The number of hydrogen-bond acceptors (Lipinski definition) is 4. The number of aliphatic hydroxyl groups is 1. The van der Waals surface area contributed by atoms with Gasteiger partial charge in [-0.05, 0) is 18.6 Å². The topological polar surface area (TPSA) is 70.5 Å². The van der Waals surface area contributed by atoms with Gasteiger partial charge in [-0.1, -0.05) is 24.3 Å². The number of halogens is 2. The predicted molar refractivity (Wildman–Crippen MR) is 87.1 cm³/mol. The van der Waals surface area contributed by atoms with Crippen LogP contribution in [0.15, 0.2) is 42.7 Å². The SMILES string of the molecule is Cc1ccccc1C1=C(O)c2ccncc2N(CC(F)F)S1(=O)=O. The molecule has 0 fully saturated rings. The highest BCUT2D eigenvalue weighted by molar-refractivity contribution is 8.02. The summed E-state index contributed by atoms with van der Waals surface area (Å²) in [5.41, 5.74) is 0.972. The zero-order chi connectivity index (χ0) is 17.5. The molecule has 8 heteroatoms. The van der Waals surface area contributed by atoms with Crippen LogP contribution in [0.3, 0.4) is 0 Å². The lowest BCUT2D eigenvalue weighted by molar-refractivity contribution is 0.159. The molecule has 0 aliphatic carbocycles. The number of sulfonamides is 1. The fraction of sp³-hybridized carbons (Fsp3) is 0.188. The first-order valence-corrected chi connectivity index (χ1v) is 8.52. The molecule has 0 atom stereocenters. The molecule has 2 heterocycles. The molecule has 24 heavy (non-hydrogen) atoms. The number of alkyl halides is 2. The van der Waals surface area contributed by atoms with Crippen LogP contribution in [-0.2, 0) is 10.0 Å². The Morgan fingerprint density at radius 3 is 2.58 bits per heavy atom. The number of rotatable bonds is 3. The maximum Gasteiger partial charge on any atom is 0.268 e. The van der Waals surface area contributed by atoms with Crippen LogP contribution in [0.4, 0.5) is 14.5 Å². The molecule has 1 aromatic heterocycles. The second-order valence-corrected chi connectivity index (χ2v) is 7.11. The Labute approximate surface area is 137 Å². The highest BCUT2D eigenvalue weighted by Gasteiger charge is 2.40. The Bertz CT molecular complexity index is 926. The maximum absolute atomic E-state index is 13.0. The summed E-state index contributed by atoms with van der Waals surface area (Å²) in [6.45, 7) is 0.675. The number of aliphatic hydroxyl groups excluding tert-OH is 1. The van der Waals surface area contributed by atoms with Crippen molar-refractivity contribution in [3.8, 4) is 0 Å². The van der Waals surface area contributed by atoms with E-state index in [-0.39, 0.29) is 21.7 Å². The van der Waals surface area contributed by atoms with Crippen molar-refractivity contribution in [1.29, 1.82) is 0 Å². The Hall–Kier alpha value is -2.48. The predicted octanol–water partition coefficient (Wildman–Crippen LogP) is 3.19. The number of hydrogen-bond donors (Lipinski definition) is 1. The van der Waals surface area contributed by atoms with Gasteiger partial charge < -0.3 is 5.11 Å². The molecule has 0 amide bonds. The van der Waals surface area contributed by atoms with E-state index in [1.165, 1.54) is 18.3 Å². The van der Waals surface area contributed by atoms with E-state index in [2.05, 4.69) is 4.98 Å². The number of aryl methyl sites for hydroxylation is 1. The zero-order valence-corrected chi connectivity index (χ0v) is 13.5. The zero-order valence-electron chi connectivity index (χ0n) is 12.6. The van der Waals surface area contributed by atoms with Crippen LogP contribution >= 0.6 is 0 Å². The molecule has 1 N–H and O–H groups in total. The van der Waals surface area contributed by atoms with Crippen LogP contribution in [0, 0.1) is 6.92 Å². The van der Waals surface area contributed by atoms with Crippen LogP contribution in [0.1, 0.15) is 16.7 Å². The Kier molecular flexibility index (Phi) is 4.00. The van der Waals surface area contributed by atoms with Crippen molar-refractivity contribution in [2.45, 2.75) is 13.3 Å². The lowest BCUT2D eigenvalue weighted by Crippen LogP contribution is -2.38. The van der Waals surface area contributed by atoms with E-state index in [0.717, 1.165) is 6.20 Å². The Balaban J connectivity index is 2.34. The van der Waals surface area contributed by atoms with Crippen LogP contribution in [0.25, 0.3) is 10.7 Å². The molecule has 0 bridgehead atoms. The van der Waals surface area contributed by atoms with Gasteiger partial charge in [0.1, 0.15) is 10.7 Å². The molecule has 0 spiro atoms. The molecular weight excluding hydrogens is 338 g/mol. The molecule has 0 saturated carbocycles. The van der Waals surface area contributed by atoms with Crippen molar-refractivity contribution in [3.05, 3.63) is 59.4 Å². The monoisotopic (exact) mass is 352 g/mol. The standard InChI is InChI=1S/C16H14F2N2O3S/c1-10-4-2-3-5-11(10)16-15(21)12-6-7-19-8-13(12)20(9-14(17)18)24(16,22)23/h2-8,14,21H,9H2,1H3. The average Bonchev–Trinajstić information content (AvgIpc) is 2.53. The van der Waals surface area contributed by atoms with Crippen molar-refractivity contribution in [1.82, 2.24) is 4.98 Å². The minimum absolute atomic E-state index is 0.0624. The van der Waals surface area contributed by atoms with Gasteiger partial charge in [0.15, 0.2) is 0 Å². The molecular formula is C16H14F2N2O3S. The third-order valence-corrected chi connectivity index (χ3v) is 5.64. The number of pyridine rings is 1. The van der Waals surface area contributed by atoms with Crippen LogP contribution in [0.2, 0.25) is 0 Å². The summed E-state index contributed by atoms with van der Waals surface area (Å²) >= 11 is 0. The van der Waals surface area contributed by atoms with E-state index in [9.17, 15) is 22.3 Å². The second kappa shape index (κ2) is 5.86. The Morgan fingerprint density at radius 2 is 1.92 bits per heavy atom. The van der Waals surface area contributed by atoms with E-state index in [1.807, 2.05) is 0 Å². The van der Waals surface area contributed by atoms with E-state index in [0.29, 0.717) is 9.87 Å². The van der Waals surface area contributed by atoms with E-state index in [1.54, 1.807) is 25.1 Å². The lowest BCUT2D eigenvalue weighted by atomic mass is 10.1. The number of anilines is 1. The summed E-state index contributed by atoms with van der Waals surface area (Å²) in [7, 11) is -4.35. The second-order valence-electron chi connectivity index (χ2n) is 5.31. The molecule has 5 nitrogen and oxygen atoms in total. The highest BCUT2D eigenvalue weighted by atomic mass is 32.2. The largest absolute Gasteiger partial charge is 0.506 e. The van der Waals surface area contributed by atoms with Crippen LogP contribution < -0.4 is 4.31 Å². The van der Waals surface area contributed by atoms with E-state index >= 15 is 0 Å². The molecule has 3 rings (SSSR count). The molecule has 126 valence electrons. The summed E-state index contributed by atoms with van der Waals surface area (Å²) in [4.78, 5) is 3.41. The third-order valence-electron chi connectivity index (χ3n) is 3.78. The van der Waals surface area contributed by atoms with E-state index < -0.39 is 28.8 Å². The van der Waals surface area contributed by atoms with Crippen molar-refractivity contribution in [2.75, 3.05) is 10.8 Å². The van der Waals surface area contributed by atoms with Gasteiger partial charge in [0, 0.05) is 17.3 Å². The third kappa shape index (κ3) is 2.52. The minimum Gasteiger partial charge on any atom is -0.506 e. The first-order valence-electron chi connectivity index (χ1n) is 7.08. The summed E-state index contributed by atoms with van der Waals surface area (Å²) in [5, 5.41) is 10.5. The quantitative estimate of drug-likeness (QED) is 0.921. The molecule has 0 radical (unpaired) electrons. The fourth-order valence-corrected chi connectivity index (χ4v) is 4.48. The van der Waals surface area contributed by atoms with Gasteiger partial charge >= 0.3 is 0 Å². The van der Waals surface area contributed by atoms with E-state index in [4.69, 9.17) is 0 Å². The van der Waals surface area contributed by atoms with Gasteiger partial charge in [-0.15, -0.1) is 0 Å². The fourth-order valence-electron chi connectivity index (χ4n) is 2.69. The van der Waals surface area contributed by atoms with Crippen molar-refractivity contribution in [2.24, 2.45) is 0 Å². The number of aromatic nitrogens is 1. The van der Waals surface area contributed by atoms with Gasteiger partial charge in [0.25, 0.3) is 16.4 Å². The van der Waals surface area contributed by atoms with Crippen LogP contribution in [0.5, 0.6) is 0 Å². The highest BCUT2D eigenvalue weighted by Crippen LogP contribution is 2.42. The average molecular weight is 352 g/mol. The number of fused-ring (bicyclic) bond motifs is 1.